The van der Waals surface area contributed by atoms with Crippen LogP contribution in [0.1, 0.15) is 15.4 Å². The Kier molecular flexibility index (Phi) is 4.77. The van der Waals surface area contributed by atoms with E-state index in [-0.39, 0.29) is 17.9 Å². The van der Waals surface area contributed by atoms with E-state index in [4.69, 9.17) is 4.74 Å². The number of rotatable bonds is 5. The van der Waals surface area contributed by atoms with E-state index in [1.54, 1.807) is 12.3 Å². The molecule has 3 rings (SSSR count). The number of carbonyl (C=O) groups is 1. The number of aromatic nitrogens is 1. The maximum atomic E-state index is 12.1. The highest BCUT2D eigenvalue weighted by molar-refractivity contribution is 7.98. The number of nitro benzene ring substituents is 1. The Hall–Kier alpha value is -2.45. The van der Waals surface area contributed by atoms with Crippen LogP contribution < -0.4 is 0 Å². The third-order valence-corrected chi connectivity index (χ3v) is 5.07. The minimum atomic E-state index is -0.606. The molecule has 0 aliphatic rings. The van der Waals surface area contributed by atoms with E-state index in [1.807, 2.05) is 24.3 Å². The minimum absolute atomic E-state index is 0.0380. The standard InChI is InChI=1S/C16H12N2O4S2/c1-23-14-7-6-10(8-12(14)18(20)21)16(19)22-9-15-17-11-4-2-3-5-13(11)24-15/h2-8H,9H2,1H3. The largest absolute Gasteiger partial charge is 0.455 e. The average molecular weight is 360 g/mol. The van der Waals surface area contributed by atoms with Crippen LogP contribution in [0.2, 0.25) is 0 Å². The van der Waals surface area contributed by atoms with Crippen molar-refractivity contribution in [3.05, 3.63) is 63.1 Å². The molecule has 0 amide bonds. The number of carbonyl (C=O) groups excluding carboxylic acids is 1. The molecule has 0 saturated carbocycles. The van der Waals surface area contributed by atoms with Gasteiger partial charge in [-0.15, -0.1) is 23.1 Å². The summed E-state index contributed by atoms with van der Waals surface area (Å²) in [6.45, 7) is 0.0380. The first-order valence-electron chi connectivity index (χ1n) is 6.92. The summed E-state index contributed by atoms with van der Waals surface area (Å²) in [5, 5.41) is 11.7. The molecule has 3 aromatic rings. The van der Waals surface area contributed by atoms with Gasteiger partial charge in [0.1, 0.15) is 11.6 Å². The van der Waals surface area contributed by atoms with E-state index in [0.29, 0.717) is 9.90 Å². The van der Waals surface area contributed by atoms with Gasteiger partial charge in [0, 0.05) is 6.07 Å². The van der Waals surface area contributed by atoms with Crippen molar-refractivity contribution in [1.82, 2.24) is 4.98 Å². The molecule has 0 bridgehead atoms. The summed E-state index contributed by atoms with van der Waals surface area (Å²) in [7, 11) is 0. The Morgan fingerprint density at radius 3 is 2.83 bits per heavy atom. The van der Waals surface area contributed by atoms with Gasteiger partial charge in [0.25, 0.3) is 5.69 Å². The molecule has 0 aliphatic carbocycles. The summed E-state index contributed by atoms with van der Waals surface area (Å²) in [4.78, 5) is 27.6. The molecule has 24 heavy (non-hydrogen) atoms. The normalized spacial score (nSPS) is 10.7. The summed E-state index contributed by atoms with van der Waals surface area (Å²) in [6, 6.07) is 12.0. The molecule has 1 heterocycles. The van der Waals surface area contributed by atoms with Crippen LogP contribution in [0, 0.1) is 10.1 Å². The van der Waals surface area contributed by atoms with Crippen LogP contribution in [0.5, 0.6) is 0 Å². The van der Waals surface area contributed by atoms with Gasteiger partial charge in [-0.3, -0.25) is 10.1 Å². The Balaban J connectivity index is 1.75. The number of benzene rings is 2. The molecule has 122 valence electrons. The highest BCUT2D eigenvalue weighted by atomic mass is 32.2. The van der Waals surface area contributed by atoms with Crippen LogP contribution in [0.15, 0.2) is 47.4 Å². The van der Waals surface area contributed by atoms with Crippen molar-refractivity contribution in [3.63, 3.8) is 0 Å². The second-order valence-electron chi connectivity index (χ2n) is 4.80. The van der Waals surface area contributed by atoms with Crippen molar-refractivity contribution in [1.29, 1.82) is 0 Å². The maximum absolute atomic E-state index is 12.1. The molecule has 6 nitrogen and oxygen atoms in total. The summed E-state index contributed by atoms with van der Waals surface area (Å²) >= 11 is 2.70. The lowest BCUT2D eigenvalue weighted by atomic mass is 10.2. The van der Waals surface area contributed by atoms with Crippen LogP contribution in [0.4, 0.5) is 5.69 Å². The van der Waals surface area contributed by atoms with Gasteiger partial charge in [0.2, 0.25) is 0 Å². The van der Waals surface area contributed by atoms with E-state index in [9.17, 15) is 14.9 Å². The number of nitrogens with zero attached hydrogens (tertiary/aromatic N) is 2. The molecule has 2 aromatic carbocycles. The molecule has 0 atom stereocenters. The molecule has 0 saturated heterocycles. The van der Waals surface area contributed by atoms with Crippen molar-refractivity contribution in [2.75, 3.05) is 6.26 Å². The molecule has 1 aromatic heterocycles. The number of fused-ring (bicyclic) bond motifs is 1. The zero-order chi connectivity index (χ0) is 17.1. The first kappa shape index (κ1) is 16.4. The second-order valence-corrected chi connectivity index (χ2v) is 6.76. The molecular weight excluding hydrogens is 348 g/mol. The van der Waals surface area contributed by atoms with Crippen molar-refractivity contribution in [3.8, 4) is 0 Å². The third kappa shape index (κ3) is 3.39. The molecular formula is C16H12N2O4S2. The SMILES string of the molecule is CSc1ccc(C(=O)OCc2nc3ccccc3s2)cc1[N+](=O)[O-]. The molecule has 0 unspecified atom stereocenters. The van der Waals surface area contributed by atoms with Crippen LogP contribution in [0.25, 0.3) is 10.2 Å². The third-order valence-electron chi connectivity index (χ3n) is 3.28. The van der Waals surface area contributed by atoms with Gasteiger partial charge in [-0.1, -0.05) is 12.1 Å². The van der Waals surface area contributed by atoms with Crippen LogP contribution in [-0.2, 0) is 11.3 Å². The minimum Gasteiger partial charge on any atom is -0.455 e. The molecule has 0 aliphatic heterocycles. The summed E-state index contributed by atoms with van der Waals surface area (Å²) < 4.78 is 6.25. The molecule has 8 heteroatoms. The molecule has 0 spiro atoms. The van der Waals surface area contributed by atoms with Gasteiger partial charge < -0.3 is 4.74 Å². The summed E-state index contributed by atoms with van der Waals surface area (Å²) in [5.74, 6) is -0.606. The first-order chi connectivity index (χ1) is 11.6. The molecule has 0 fully saturated rings. The zero-order valence-corrected chi connectivity index (χ0v) is 14.2. The van der Waals surface area contributed by atoms with Gasteiger partial charge in [0.15, 0.2) is 0 Å². The van der Waals surface area contributed by atoms with E-state index < -0.39 is 10.9 Å². The summed E-state index contributed by atoms with van der Waals surface area (Å²) in [6.07, 6.45) is 1.74. The smallest absolute Gasteiger partial charge is 0.338 e. The second kappa shape index (κ2) is 6.98. The average Bonchev–Trinajstić information content (AvgIpc) is 3.02. The van der Waals surface area contributed by atoms with E-state index in [2.05, 4.69) is 4.98 Å². The van der Waals surface area contributed by atoms with Crippen LogP contribution in [-0.4, -0.2) is 22.1 Å². The van der Waals surface area contributed by atoms with Gasteiger partial charge in [0.05, 0.1) is 25.6 Å². The Labute approximate surface area is 145 Å². The Morgan fingerprint density at radius 2 is 2.12 bits per heavy atom. The topological polar surface area (TPSA) is 82.3 Å². The highest BCUT2D eigenvalue weighted by Crippen LogP contribution is 2.29. The highest BCUT2D eigenvalue weighted by Gasteiger charge is 2.18. The van der Waals surface area contributed by atoms with Gasteiger partial charge >= 0.3 is 5.97 Å². The van der Waals surface area contributed by atoms with Gasteiger partial charge in [-0.05, 0) is 30.5 Å². The molecule has 0 N–H and O–H groups in total. The lowest BCUT2D eigenvalue weighted by Gasteiger charge is -2.04. The lowest BCUT2D eigenvalue weighted by Crippen LogP contribution is -2.06. The van der Waals surface area contributed by atoms with Gasteiger partial charge in [-0.25, -0.2) is 9.78 Å². The lowest BCUT2D eigenvalue weighted by molar-refractivity contribution is -0.387. The fraction of sp³-hybridized carbons (Fsp3) is 0.125. The predicted octanol–water partition coefficient (Wildman–Crippen LogP) is 4.28. The van der Waals surface area contributed by atoms with E-state index in [0.717, 1.165) is 10.2 Å². The number of nitro groups is 1. The van der Waals surface area contributed by atoms with Crippen molar-refractivity contribution < 1.29 is 14.5 Å². The predicted molar refractivity (Wildman–Crippen MR) is 93.6 cm³/mol. The zero-order valence-electron chi connectivity index (χ0n) is 12.6. The monoisotopic (exact) mass is 360 g/mol. The number of thioether (sulfide) groups is 1. The van der Waals surface area contributed by atoms with Crippen LogP contribution >= 0.6 is 23.1 Å². The number of thiazole rings is 1. The van der Waals surface area contributed by atoms with Crippen molar-refractivity contribution in [2.45, 2.75) is 11.5 Å². The first-order valence-corrected chi connectivity index (χ1v) is 8.96. The number of para-hydroxylation sites is 1. The Morgan fingerprint density at radius 1 is 1.33 bits per heavy atom. The molecule has 0 radical (unpaired) electrons. The van der Waals surface area contributed by atoms with Crippen molar-refractivity contribution >= 4 is 45.0 Å². The number of esters is 1. The quantitative estimate of drug-likeness (QED) is 0.292. The van der Waals surface area contributed by atoms with E-state index >= 15 is 0 Å². The Bertz CT molecular complexity index is 890. The summed E-state index contributed by atoms with van der Waals surface area (Å²) in [5.41, 5.74) is 0.908. The fourth-order valence-electron chi connectivity index (χ4n) is 2.15. The maximum Gasteiger partial charge on any atom is 0.338 e. The van der Waals surface area contributed by atoms with Crippen molar-refractivity contribution in [2.24, 2.45) is 0 Å². The number of hydrogen-bond acceptors (Lipinski definition) is 7. The number of ether oxygens (including phenoxy) is 1. The van der Waals surface area contributed by atoms with Gasteiger partial charge in [-0.2, -0.15) is 0 Å². The van der Waals surface area contributed by atoms with E-state index in [1.165, 1.54) is 35.2 Å². The number of hydrogen-bond donors (Lipinski definition) is 0. The fourth-order valence-corrected chi connectivity index (χ4v) is 3.58. The van der Waals surface area contributed by atoms with Crippen LogP contribution in [0.3, 0.4) is 0 Å².